The van der Waals surface area contributed by atoms with E-state index in [9.17, 15) is 4.79 Å². The second-order valence-corrected chi connectivity index (χ2v) is 6.91. The fourth-order valence-electron chi connectivity index (χ4n) is 2.72. The summed E-state index contributed by atoms with van der Waals surface area (Å²) in [5, 5.41) is 3.55. The molecule has 1 aliphatic rings. The lowest BCUT2D eigenvalue weighted by atomic mass is 10.1. The van der Waals surface area contributed by atoms with E-state index in [-0.39, 0.29) is 12.2 Å². The number of hydrogen-bond donors (Lipinski definition) is 1. The number of amides is 1. The SMILES string of the molecule is CCCCC1NC(C(C)C)N(C(C)CCSC)C1=O. The highest BCUT2D eigenvalue weighted by Crippen LogP contribution is 2.24. The van der Waals surface area contributed by atoms with Gasteiger partial charge in [-0.15, -0.1) is 0 Å². The maximum absolute atomic E-state index is 12.6. The van der Waals surface area contributed by atoms with E-state index in [2.05, 4.69) is 44.2 Å². The smallest absolute Gasteiger partial charge is 0.241 e. The van der Waals surface area contributed by atoms with Crippen LogP contribution in [-0.4, -0.2) is 41.1 Å². The van der Waals surface area contributed by atoms with Gasteiger partial charge in [-0.25, -0.2) is 0 Å². The molecule has 0 aliphatic carbocycles. The highest BCUT2D eigenvalue weighted by atomic mass is 32.2. The number of carbonyl (C=O) groups is 1. The van der Waals surface area contributed by atoms with E-state index in [1.165, 1.54) is 0 Å². The molecule has 1 rings (SSSR count). The van der Waals surface area contributed by atoms with Crippen molar-refractivity contribution in [2.24, 2.45) is 5.92 Å². The average Bonchev–Trinajstić information content (AvgIpc) is 2.71. The Hall–Kier alpha value is -0.220. The van der Waals surface area contributed by atoms with Gasteiger partial charge in [-0.1, -0.05) is 33.6 Å². The molecule has 1 saturated heterocycles. The lowest BCUT2D eigenvalue weighted by molar-refractivity contribution is -0.132. The molecule has 1 amide bonds. The number of nitrogens with one attached hydrogen (secondary N) is 1. The highest BCUT2D eigenvalue weighted by molar-refractivity contribution is 7.98. The molecular formula is C15H30N2OS. The van der Waals surface area contributed by atoms with Crippen molar-refractivity contribution >= 4 is 17.7 Å². The van der Waals surface area contributed by atoms with E-state index >= 15 is 0 Å². The molecule has 4 heteroatoms. The number of hydrogen-bond acceptors (Lipinski definition) is 3. The number of carbonyl (C=O) groups excluding carboxylic acids is 1. The minimum absolute atomic E-state index is 0.0454. The van der Waals surface area contributed by atoms with Crippen LogP contribution in [0.15, 0.2) is 0 Å². The summed E-state index contributed by atoms with van der Waals surface area (Å²) in [5.41, 5.74) is 0. The quantitative estimate of drug-likeness (QED) is 0.744. The van der Waals surface area contributed by atoms with Crippen LogP contribution in [0.1, 0.15) is 53.4 Å². The summed E-state index contributed by atoms with van der Waals surface area (Å²) in [6.45, 7) is 8.76. The van der Waals surface area contributed by atoms with Crippen LogP contribution in [0.3, 0.4) is 0 Å². The van der Waals surface area contributed by atoms with Crippen LogP contribution >= 0.6 is 11.8 Å². The predicted octanol–water partition coefficient (Wildman–Crippen LogP) is 3.10. The van der Waals surface area contributed by atoms with E-state index in [0.717, 1.165) is 31.4 Å². The maximum Gasteiger partial charge on any atom is 0.241 e. The first-order valence-corrected chi connectivity index (χ1v) is 8.99. The third-order valence-corrected chi connectivity index (χ3v) is 4.56. The Morgan fingerprint density at radius 3 is 2.58 bits per heavy atom. The van der Waals surface area contributed by atoms with Crippen molar-refractivity contribution in [1.82, 2.24) is 10.2 Å². The lowest BCUT2D eigenvalue weighted by Gasteiger charge is -2.32. The zero-order chi connectivity index (χ0) is 14.4. The maximum atomic E-state index is 12.6. The number of thioether (sulfide) groups is 1. The minimum atomic E-state index is 0.0454. The van der Waals surface area contributed by atoms with E-state index in [1.807, 2.05) is 11.8 Å². The molecule has 0 radical (unpaired) electrons. The predicted molar refractivity (Wildman–Crippen MR) is 84.4 cm³/mol. The first-order chi connectivity index (χ1) is 9.02. The summed E-state index contributed by atoms with van der Waals surface area (Å²) >= 11 is 1.86. The Morgan fingerprint density at radius 2 is 2.05 bits per heavy atom. The van der Waals surface area contributed by atoms with Gasteiger partial charge in [0.15, 0.2) is 0 Å². The van der Waals surface area contributed by atoms with Crippen LogP contribution in [0.4, 0.5) is 0 Å². The summed E-state index contributed by atoms with van der Waals surface area (Å²) in [6.07, 6.45) is 6.68. The molecule has 0 aromatic rings. The highest BCUT2D eigenvalue weighted by Gasteiger charge is 2.41. The summed E-state index contributed by atoms with van der Waals surface area (Å²) in [7, 11) is 0. The molecule has 0 saturated carbocycles. The van der Waals surface area contributed by atoms with E-state index in [4.69, 9.17) is 0 Å². The number of rotatable bonds is 8. The standard InChI is InChI=1S/C15H30N2OS/c1-6-7-8-13-15(18)17(12(4)9-10-19-5)14(16-13)11(2)3/h11-14,16H,6-10H2,1-5H3. The molecular weight excluding hydrogens is 256 g/mol. The molecule has 19 heavy (non-hydrogen) atoms. The van der Waals surface area contributed by atoms with Crippen molar-refractivity contribution in [1.29, 1.82) is 0 Å². The van der Waals surface area contributed by atoms with E-state index in [0.29, 0.717) is 17.9 Å². The third kappa shape index (κ3) is 4.38. The Balaban J connectivity index is 2.71. The van der Waals surface area contributed by atoms with Gasteiger partial charge in [0.2, 0.25) is 5.91 Å². The van der Waals surface area contributed by atoms with Crippen molar-refractivity contribution in [3.63, 3.8) is 0 Å². The summed E-state index contributed by atoms with van der Waals surface area (Å²) in [6, 6.07) is 0.385. The van der Waals surface area contributed by atoms with Crippen LogP contribution in [0.2, 0.25) is 0 Å². The Morgan fingerprint density at radius 1 is 1.37 bits per heavy atom. The zero-order valence-electron chi connectivity index (χ0n) is 13.1. The molecule has 1 N–H and O–H groups in total. The Labute approximate surface area is 122 Å². The molecule has 112 valence electrons. The topological polar surface area (TPSA) is 32.3 Å². The van der Waals surface area contributed by atoms with Gasteiger partial charge in [0.05, 0.1) is 12.2 Å². The molecule has 0 bridgehead atoms. The fourth-order valence-corrected chi connectivity index (χ4v) is 3.30. The Kier molecular flexibility index (Phi) is 7.22. The average molecular weight is 286 g/mol. The largest absolute Gasteiger partial charge is 0.323 e. The van der Waals surface area contributed by atoms with Crippen LogP contribution < -0.4 is 5.32 Å². The van der Waals surface area contributed by atoms with Gasteiger partial charge in [0, 0.05) is 6.04 Å². The van der Waals surface area contributed by atoms with Gasteiger partial charge in [-0.3, -0.25) is 10.1 Å². The van der Waals surface area contributed by atoms with Crippen molar-refractivity contribution in [2.45, 2.75) is 71.6 Å². The zero-order valence-corrected chi connectivity index (χ0v) is 13.9. The summed E-state index contributed by atoms with van der Waals surface area (Å²) < 4.78 is 0. The molecule has 1 aliphatic heterocycles. The summed E-state index contributed by atoms with van der Waals surface area (Å²) in [5.74, 6) is 1.91. The molecule has 3 nitrogen and oxygen atoms in total. The van der Waals surface area contributed by atoms with Crippen molar-refractivity contribution < 1.29 is 4.79 Å². The van der Waals surface area contributed by atoms with Crippen LogP contribution in [0, 0.1) is 5.92 Å². The second kappa shape index (κ2) is 8.15. The van der Waals surface area contributed by atoms with Gasteiger partial charge in [0.25, 0.3) is 0 Å². The first kappa shape index (κ1) is 16.8. The molecule has 0 aromatic carbocycles. The lowest BCUT2D eigenvalue weighted by Crippen LogP contribution is -2.46. The molecule has 3 unspecified atom stereocenters. The van der Waals surface area contributed by atoms with Crippen LogP contribution in [0.25, 0.3) is 0 Å². The fraction of sp³-hybridized carbons (Fsp3) is 0.933. The normalized spacial score (nSPS) is 25.4. The van der Waals surface area contributed by atoms with E-state index < -0.39 is 0 Å². The van der Waals surface area contributed by atoms with Gasteiger partial charge < -0.3 is 4.90 Å². The minimum Gasteiger partial charge on any atom is -0.323 e. The molecule has 3 atom stereocenters. The molecule has 0 aromatic heterocycles. The van der Waals surface area contributed by atoms with E-state index in [1.54, 1.807) is 0 Å². The van der Waals surface area contributed by atoms with Gasteiger partial charge in [-0.05, 0) is 37.7 Å². The van der Waals surface area contributed by atoms with Gasteiger partial charge in [-0.2, -0.15) is 11.8 Å². The Bertz CT molecular complexity index is 283. The number of unbranched alkanes of at least 4 members (excludes halogenated alkanes) is 1. The second-order valence-electron chi connectivity index (χ2n) is 5.93. The summed E-state index contributed by atoms with van der Waals surface area (Å²) in [4.78, 5) is 14.7. The molecule has 1 heterocycles. The van der Waals surface area contributed by atoms with Crippen LogP contribution in [0.5, 0.6) is 0 Å². The van der Waals surface area contributed by atoms with Crippen LogP contribution in [-0.2, 0) is 4.79 Å². The van der Waals surface area contributed by atoms with Crippen molar-refractivity contribution in [3.8, 4) is 0 Å². The first-order valence-electron chi connectivity index (χ1n) is 7.60. The third-order valence-electron chi connectivity index (χ3n) is 3.92. The van der Waals surface area contributed by atoms with Gasteiger partial charge in [0.1, 0.15) is 0 Å². The van der Waals surface area contributed by atoms with Crippen molar-refractivity contribution in [2.75, 3.05) is 12.0 Å². The van der Waals surface area contributed by atoms with Crippen molar-refractivity contribution in [3.05, 3.63) is 0 Å². The monoisotopic (exact) mass is 286 g/mol. The molecule has 1 fully saturated rings. The van der Waals surface area contributed by atoms with Gasteiger partial charge >= 0.3 is 0 Å². The molecule has 0 spiro atoms. The number of nitrogens with zero attached hydrogens (tertiary/aromatic N) is 1.